The lowest BCUT2D eigenvalue weighted by Gasteiger charge is -2.17. The molecule has 3 rings (SSSR count). The van der Waals surface area contributed by atoms with E-state index in [1.165, 1.54) is 30.5 Å². The SMILES string of the molecule is CC(C)(C)C(=O)Nc1ccc(C(=O)N/N=C\c2ccccc2OC(=O)c2ccc([N+](=O)[O-])cc2)cc1. The Morgan fingerprint density at radius 1 is 0.917 bits per heavy atom. The molecule has 3 aromatic carbocycles. The van der Waals surface area contributed by atoms with Crippen LogP contribution in [0.4, 0.5) is 11.4 Å². The Morgan fingerprint density at radius 3 is 2.14 bits per heavy atom. The van der Waals surface area contributed by atoms with E-state index in [1.807, 2.05) is 0 Å². The molecule has 0 heterocycles. The summed E-state index contributed by atoms with van der Waals surface area (Å²) in [5.74, 6) is -1.12. The molecule has 3 aromatic rings. The first-order chi connectivity index (χ1) is 17.0. The Kier molecular flexibility index (Phi) is 7.90. The number of hydrazone groups is 1. The van der Waals surface area contributed by atoms with Gasteiger partial charge in [0.15, 0.2) is 0 Å². The normalized spacial score (nSPS) is 11.1. The Bertz CT molecular complexity index is 1310. The molecule has 0 saturated heterocycles. The van der Waals surface area contributed by atoms with Gasteiger partial charge in [0.1, 0.15) is 5.75 Å². The highest BCUT2D eigenvalue weighted by Gasteiger charge is 2.21. The maximum atomic E-state index is 12.4. The maximum Gasteiger partial charge on any atom is 0.343 e. The van der Waals surface area contributed by atoms with Gasteiger partial charge in [-0.25, -0.2) is 10.2 Å². The average molecular weight is 489 g/mol. The summed E-state index contributed by atoms with van der Waals surface area (Å²) in [6.45, 7) is 5.41. The van der Waals surface area contributed by atoms with Gasteiger partial charge in [0, 0.05) is 34.4 Å². The summed E-state index contributed by atoms with van der Waals surface area (Å²) >= 11 is 0. The summed E-state index contributed by atoms with van der Waals surface area (Å²) in [5.41, 5.74) is 3.18. The standard InChI is InChI=1S/C26H24N4O6/c1-26(2,3)25(33)28-20-12-8-17(9-13-20)23(31)29-27-16-19-6-4-5-7-22(19)36-24(32)18-10-14-21(15-11-18)30(34)35/h4-16H,1-3H3,(H,28,33)(H,29,31)/b27-16-. The van der Waals surface area contributed by atoms with Crippen LogP contribution >= 0.6 is 0 Å². The summed E-state index contributed by atoms with van der Waals surface area (Å²) in [6, 6.07) is 17.9. The summed E-state index contributed by atoms with van der Waals surface area (Å²) in [5, 5.41) is 17.5. The van der Waals surface area contributed by atoms with Gasteiger partial charge in [-0.05, 0) is 48.5 Å². The fourth-order valence-corrected chi connectivity index (χ4v) is 2.81. The second-order valence-corrected chi connectivity index (χ2v) is 8.71. The molecule has 0 atom stereocenters. The second-order valence-electron chi connectivity index (χ2n) is 8.71. The van der Waals surface area contributed by atoms with Crippen molar-refractivity contribution in [1.29, 1.82) is 0 Å². The molecule has 0 aliphatic heterocycles. The number of hydrogen-bond acceptors (Lipinski definition) is 7. The zero-order valence-electron chi connectivity index (χ0n) is 19.8. The maximum absolute atomic E-state index is 12.4. The molecule has 10 heteroatoms. The lowest BCUT2D eigenvalue weighted by atomic mass is 9.95. The van der Waals surface area contributed by atoms with E-state index >= 15 is 0 Å². The van der Waals surface area contributed by atoms with Crippen LogP contribution in [0.3, 0.4) is 0 Å². The van der Waals surface area contributed by atoms with Gasteiger partial charge < -0.3 is 10.1 Å². The number of nitrogens with zero attached hydrogens (tertiary/aromatic N) is 2. The number of carbonyl (C=O) groups excluding carboxylic acids is 3. The number of carbonyl (C=O) groups is 3. The predicted molar refractivity (Wildman–Crippen MR) is 134 cm³/mol. The molecule has 184 valence electrons. The molecule has 0 aliphatic carbocycles. The highest BCUT2D eigenvalue weighted by Crippen LogP contribution is 2.20. The van der Waals surface area contributed by atoms with E-state index in [0.29, 0.717) is 16.8 Å². The summed E-state index contributed by atoms with van der Waals surface area (Å²) in [7, 11) is 0. The number of esters is 1. The van der Waals surface area contributed by atoms with Crippen LogP contribution in [0.5, 0.6) is 5.75 Å². The van der Waals surface area contributed by atoms with Gasteiger partial charge in [0.2, 0.25) is 5.91 Å². The molecule has 2 amide bonds. The fourth-order valence-electron chi connectivity index (χ4n) is 2.81. The molecule has 0 radical (unpaired) electrons. The molecule has 2 N–H and O–H groups in total. The van der Waals surface area contributed by atoms with Gasteiger partial charge in [-0.15, -0.1) is 0 Å². The van der Waals surface area contributed by atoms with Crippen LogP contribution in [-0.2, 0) is 4.79 Å². The quantitative estimate of drug-likeness (QED) is 0.164. The molecule has 10 nitrogen and oxygen atoms in total. The predicted octanol–water partition coefficient (Wildman–Crippen LogP) is 4.56. The van der Waals surface area contributed by atoms with Crippen molar-refractivity contribution in [3.8, 4) is 5.75 Å². The van der Waals surface area contributed by atoms with Gasteiger partial charge in [0.05, 0.1) is 16.7 Å². The van der Waals surface area contributed by atoms with E-state index in [2.05, 4.69) is 15.8 Å². The number of anilines is 1. The topological polar surface area (TPSA) is 140 Å². The summed E-state index contributed by atoms with van der Waals surface area (Å²) < 4.78 is 5.40. The van der Waals surface area contributed by atoms with E-state index in [9.17, 15) is 24.5 Å². The number of non-ortho nitro benzene ring substituents is 1. The molecule has 0 bridgehead atoms. The molecule has 0 unspecified atom stereocenters. The lowest BCUT2D eigenvalue weighted by molar-refractivity contribution is -0.384. The summed E-state index contributed by atoms with van der Waals surface area (Å²) in [6.07, 6.45) is 1.33. The van der Waals surface area contributed by atoms with Crippen molar-refractivity contribution in [3.05, 3.63) is 99.6 Å². The van der Waals surface area contributed by atoms with Crippen LogP contribution in [0.1, 0.15) is 47.1 Å². The number of amides is 2. The van der Waals surface area contributed by atoms with Crippen LogP contribution in [0.25, 0.3) is 0 Å². The van der Waals surface area contributed by atoms with Crippen LogP contribution in [0, 0.1) is 15.5 Å². The van der Waals surface area contributed by atoms with Crippen molar-refractivity contribution < 1.29 is 24.0 Å². The smallest absolute Gasteiger partial charge is 0.343 e. The molecular formula is C26H24N4O6. The molecule has 36 heavy (non-hydrogen) atoms. The van der Waals surface area contributed by atoms with E-state index < -0.39 is 22.2 Å². The van der Waals surface area contributed by atoms with Crippen LogP contribution in [0.2, 0.25) is 0 Å². The van der Waals surface area contributed by atoms with Crippen molar-refractivity contribution in [2.75, 3.05) is 5.32 Å². The van der Waals surface area contributed by atoms with Gasteiger partial charge in [-0.3, -0.25) is 19.7 Å². The first-order valence-corrected chi connectivity index (χ1v) is 10.8. The van der Waals surface area contributed by atoms with Gasteiger partial charge in [-0.1, -0.05) is 32.9 Å². The van der Waals surface area contributed by atoms with Crippen LogP contribution < -0.4 is 15.5 Å². The third kappa shape index (κ3) is 6.83. The van der Waals surface area contributed by atoms with Crippen molar-refractivity contribution in [2.24, 2.45) is 10.5 Å². The number of nitro groups is 1. The van der Waals surface area contributed by atoms with Crippen LogP contribution in [0.15, 0.2) is 77.9 Å². The number of nitro benzene ring substituents is 1. The molecular weight excluding hydrogens is 464 g/mol. The Labute approximate surface area is 207 Å². The molecule has 0 aromatic heterocycles. The van der Waals surface area contributed by atoms with E-state index in [4.69, 9.17) is 4.74 Å². The first-order valence-electron chi connectivity index (χ1n) is 10.8. The van der Waals surface area contributed by atoms with Gasteiger partial charge >= 0.3 is 5.97 Å². The fraction of sp³-hybridized carbons (Fsp3) is 0.154. The molecule has 0 spiro atoms. The second kappa shape index (κ2) is 11.0. The van der Waals surface area contributed by atoms with Crippen molar-refractivity contribution in [2.45, 2.75) is 20.8 Å². The zero-order chi connectivity index (χ0) is 26.3. The molecule has 0 saturated carbocycles. The number of rotatable bonds is 7. The third-order valence-corrected chi connectivity index (χ3v) is 4.89. The van der Waals surface area contributed by atoms with E-state index in [1.54, 1.807) is 69.3 Å². The summed E-state index contributed by atoms with van der Waals surface area (Å²) in [4.78, 5) is 47.1. The van der Waals surface area contributed by atoms with Crippen molar-refractivity contribution >= 4 is 35.4 Å². The van der Waals surface area contributed by atoms with Crippen LogP contribution in [-0.4, -0.2) is 28.9 Å². The Balaban J connectivity index is 1.62. The third-order valence-electron chi connectivity index (χ3n) is 4.89. The minimum Gasteiger partial charge on any atom is -0.422 e. The van der Waals surface area contributed by atoms with E-state index in [-0.39, 0.29) is 22.9 Å². The number of ether oxygens (including phenoxy) is 1. The highest BCUT2D eigenvalue weighted by molar-refractivity contribution is 5.98. The average Bonchev–Trinajstić information content (AvgIpc) is 2.85. The monoisotopic (exact) mass is 488 g/mol. The highest BCUT2D eigenvalue weighted by atomic mass is 16.6. The number of para-hydroxylation sites is 1. The molecule has 0 aliphatic rings. The minimum atomic E-state index is -0.701. The van der Waals surface area contributed by atoms with Gasteiger partial charge in [0.25, 0.3) is 11.6 Å². The van der Waals surface area contributed by atoms with Crippen molar-refractivity contribution in [1.82, 2.24) is 5.43 Å². The zero-order valence-corrected chi connectivity index (χ0v) is 19.8. The molecule has 0 fully saturated rings. The number of hydrogen-bond donors (Lipinski definition) is 2. The number of nitrogens with one attached hydrogen (secondary N) is 2. The lowest BCUT2D eigenvalue weighted by Crippen LogP contribution is -2.27. The number of benzene rings is 3. The largest absolute Gasteiger partial charge is 0.422 e. The Hall–Kier alpha value is -4.86. The minimum absolute atomic E-state index is 0.140. The van der Waals surface area contributed by atoms with E-state index in [0.717, 1.165) is 0 Å². The van der Waals surface area contributed by atoms with Crippen molar-refractivity contribution in [3.63, 3.8) is 0 Å². The van der Waals surface area contributed by atoms with Gasteiger partial charge in [-0.2, -0.15) is 5.10 Å². The first kappa shape index (κ1) is 25.8. The Morgan fingerprint density at radius 2 is 1.53 bits per heavy atom.